The van der Waals surface area contributed by atoms with E-state index in [9.17, 15) is 4.79 Å². The topological polar surface area (TPSA) is 86.5 Å². The van der Waals surface area contributed by atoms with Gasteiger partial charge in [0.05, 0.1) is 13.7 Å². The maximum atomic E-state index is 12.4. The van der Waals surface area contributed by atoms with Gasteiger partial charge in [-0.05, 0) is 48.9 Å². The van der Waals surface area contributed by atoms with Crippen LogP contribution >= 0.6 is 11.6 Å². The maximum Gasteiger partial charge on any atom is 0.261 e. The van der Waals surface area contributed by atoms with E-state index >= 15 is 0 Å². The van der Waals surface area contributed by atoms with Gasteiger partial charge in [-0.1, -0.05) is 29.7 Å². The molecule has 1 atom stereocenters. The number of halogens is 1. The van der Waals surface area contributed by atoms with Crippen LogP contribution in [0.4, 0.5) is 0 Å². The molecular weight excluding hydrogens is 382 g/mol. The molecule has 8 heteroatoms. The summed E-state index contributed by atoms with van der Waals surface area (Å²) in [7, 11) is 1.60. The Labute approximate surface area is 167 Å². The highest BCUT2D eigenvalue weighted by atomic mass is 35.5. The minimum atomic E-state index is -0.651. The monoisotopic (exact) mass is 401 g/mol. The summed E-state index contributed by atoms with van der Waals surface area (Å²) in [6.45, 7) is 1.97. The van der Waals surface area contributed by atoms with Crippen LogP contribution < -0.4 is 14.8 Å². The van der Waals surface area contributed by atoms with E-state index in [1.54, 1.807) is 31.4 Å². The molecular formula is C20H20ClN3O4. The van der Waals surface area contributed by atoms with Gasteiger partial charge in [0.2, 0.25) is 11.7 Å². The maximum absolute atomic E-state index is 12.4. The summed E-state index contributed by atoms with van der Waals surface area (Å²) in [6.07, 6.45) is -0.151. The fourth-order valence-electron chi connectivity index (χ4n) is 2.49. The number of nitrogens with one attached hydrogen (secondary N) is 1. The summed E-state index contributed by atoms with van der Waals surface area (Å²) in [5.41, 5.74) is 0.790. The first-order chi connectivity index (χ1) is 13.6. The second-order valence-corrected chi connectivity index (χ2v) is 6.37. The summed E-state index contributed by atoms with van der Waals surface area (Å²) in [5, 5.41) is 7.24. The number of carbonyl (C=O) groups is 1. The molecule has 0 bridgehead atoms. The number of ether oxygens (including phenoxy) is 2. The van der Waals surface area contributed by atoms with Crippen LogP contribution in [0.25, 0.3) is 11.4 Å². The molecule has 1 amide bonds. The number of nitrogens with zero attached hydrogens (tertiary/aromatic N) is 2. The lowest BCUT2D eigenvalue weighted by atomic mass is 10.2. The zero-order valence-corrected chi connectivity index (χ0v) is 16.3. The Balaban J connectivity index is 1.58. The predicted octanol–water partition coefficient (Wildman–Crippen LogP) is 3.87. The molecule has 0 saturated carbocycles. The highest BCUT2D eigenvalue weighted by Gasteiger charge is 2.19. The molecule has 28 heavy (non-hydrogen) atoms. The first-order valence-electron chi connectivity index (χ1n) is 8.76. The first-order valence-corrected chi connectivity index (χ1v) is 9.13. The van der Waals surface area contributed by atoms with Crippen molar-refractivity contribution in [2.45, 2.75) is 26.0 Å². The van der Waals surface area contributed by atoms with E-state index in [0.717, 1.165) is 11.3 Å². The lowest BCUT2D eigenvalue weighted by molar-refractivity contribution is -0.128. The smallest absolute Gasteiger partial charge is 0.261 e. The molecule has 0 unspecified atom stereocenters. The molecule has 0 radical (unpaired) electrons. The number of carbonyl (C=O) groups excluding carboxylic acids is 1. The molecule has 146 valence electrons. The quantitative estimate of drug-likeness (QED) is 0.616. The molecule has 3 rings (SSSR count). The van der Waals surface area contributed by atoms with E-state index in [-0.39, 0.29) is 12.5 Å². The zero-order valence-electron chi connectivity index (χ0n) is 15.5. The van der Waals surface area contributed by atoms with Crippen LogP contribution in [-0.2, 0) is 11.3 Å². The second-order valence-electron chi connectivity index (χ2n) is 5.93. The highest BCUT2D eigenvalue weighted by Crippen LogP contribution is 2.20. The van der Waals surface area contributed by atoms with Gasteiger partial charge < -0.3 is 19.3 Å². The van der Waals surface area contributed by atoms with Crippen LogP contribution in [0, 0.1) is 0 Å². The van der Waals surface area contributed by atoms with Crippen molar-refractivity contribution in [3.8, 4) is 22.9 Å². The van der Waals surface area contributed by atoms with E-state index in [0.29, 0.717) is 28.9 Å². The van der Waals surface area contributed by atoms with Gasteiger partial charge in [-0.2, -0.15) is 4.98 Å². The minimum absolute atomic E-state index is 0.109. The molecule has 3 aromatic rings. The number of hydrogen-bond acceptors (Lipinski definition) is 6. The van der Waals surface area contributed by atoms with Gasteiger partial charge in [-0.25, -0.2) is 0 Å². The summed E-state index contributed by atoms with van der Waals surface area (Å²) >= 11 is 5.95. The SMILES string of the molecule is CC[C@H](Oc1cccc(Cl)c1)C(=O)NCc1nc(-c2ccc(OC)cc2)no1. The lowest BCUT2D eigenvalue weighted by Gasteiger charge is -2.16. The van der Waals surface area contributed by atoms with Gasteiger partial charge in [0, 0.05) is 10.6 Å². The third kappa shape index (κ3) is 5.01. The Bertz CT molecular complexity index is 927. The number of aromatic nitrogens is 2. The summed E-state index contributed by atoms with van der Waals surface area (Å²) in [5.74, 6) is 1.75. The molecule has 1 N–H and O–H groups in total. The summed E-state index contributed by atoms with van der Waals surface area (Å²) < 4.78 is 16.1. The lowest BCUT2D eigenvalue weighted by Crippen LogP contribution is -2.37. The molecule has 0 aliphatic heterocycles. The van der Waals surface area contributed by atoms with E-state index < -0.39 is 6.10 Å². The molecule has 0 spiro atoms. The largest absolute Gasteiger partial charge is 0.497 e. The van der Waals surface area contributed by atoms with Crippen molar-refractivity contribution >= 4 is 17.5 Å². The van der Waals surface area contributed by atoms with Crippen LogP contribution in [0.5, 0.6) is 11.5 Å². The van der Waals surface area contributed by atoms with Crippen molar-refractivity contribution < 1.29 is 18.8 Å². The average molecular weight is 402 g/mol. The third-order valence-electron chi connectivity index (χ3n) is 3.97. The molecule has 1 aromatic heterocycles. The number of methoxy groups -OCH3 is 1. The molecule has 1 heterocycles. The second kappa shape index (κ2) is 9.23. The Morgan fingerprint density at radius 1 is 1.21 bits per heavy atom. The molecule has 7 nitrogen and oxygen atoms in total. The average Bonchev–Trinajstić information content (AvgIpc) is 3.19. The molecule has 0 saturated heterocycles. The predicted molar refractivity (Wildman–Crippen MR) is 104 cm³/mol. The van der Waals surface area contributed by atoms with Gasteiger partial charge in [-0.15, -0.1) is 0 Å². The van der Waals surface area contributed by atoms with Gasteiger partial charge in [0.25, 0.3) is 5.91 Å². The third-order valence-corrected chi connectivity index (χ3v) is 4.20. The van der Waals surface area contributed by atoms with Crippen molar-refractivity contribution in [3.63, 3.8) is 0 Å². The van der Waals surface area contributed by atoms with Crippen molar-refractivity contribution in [3.05, 3.63) is 59.4 Å². The number of benzene rings is 2. The van der Waals surface area contributed by atoms with Crippen molar-refractivity contribution in [2.24, 2.45) is 0 Å². The van der Waals surface area contributed by atoms with Crippen LogP contribution in [0.2, 0.25) is 5.02 Å². The number of amides is 1. The Morgan fingerprint density at radius 2 is 2.00 bits per heavy atom. The van der Waals surface area contributed by atoms with Crippen LogP contribution in [0.1, 0.15) is 19.2 Å². The minimum Gasteiger partial charge on any atom is -0.497 e. The summed E-state index contributed by atoms with van der Waals surface area (Å²) in [6, 6.07) is 14.2. The van der Waals surface area contributed by atoms with Gasteiger partial charge in [0.15, 0.2) is 6.10 Å². The normalized spacial score (nSPS) is 11.7. The molecule has 0 aliphatic rings. The Morgan fingerprint density at radius 3 is 2.68 bits per heavy atom. The summed E-state index contributed by atoms with van der Waals surface area (Å²) in [4.78, 5) is 16.7. The van der Waals surface area contributed by atoms with Crippen LogP contribution in [0.3, 0.4) is 0 Å². The first kappa shape index (κ1) is 19.7. The fourth-order valence-corrected chi connectivity index (χ4v) is 2.67. The van der Waals surface area contributed by atoms with Gasteiger partial charge in [0.1, 0.15) is 11.5 Å². The van der Waals surface area contributed by atoms with Crippen molar-refractivity contribution in [2.75, 3.05) is 7.11 Å². The van der Waals surface area contributed by atoms with Crippen LogP contribution in [-0.4, -0.2) is 29.3 Å². The number of hydrogen-bond donors (Lipinski definition) is 1. The van der Waals surface area contributed by atoms with Crippen LogP contribution in [0.15, 0.2) is 53.1 Å². The van der Waals surface area contributed by atoms with E-state index in [2.05, 4.69) is 15.5 Å². The van der Waals surface area contributed by atoms with Crippen molar-refractivity contribution in [1.82, 2.24) is 15.5 Å². The standard InChI is InChI=1S/C20H20ClN3O4/c1-3-17(27-16-6-4-5-14(21)11-16)20(25)22-12-18-23-19(24-28-18)13-7-9-15(26-2)10-8-13/h4-11,17H,3,12H2,1-2H3,(H,22,25)/t17-/m0/s1. The van der Waals surface area contributed by atoms with Crippen molar-refractivity contribution in [1.29, 1.82) is 0 Å². The Hall–Kier alpha value is -3.06. The van der Waals surface area contributed by atoms with E-state index in [4.69, 9.17) is 25.6 Å². The molecule has 0 aliphatic carbocycles. The number of rotatable bonds is 8. The fraction of sp³-hybridized carbons (Fsp3) is 0.250. The zero-order chi connectivity index (χ0) is 19.9. The van der Waals surface area contributed by atoms with Gasteiger partial charge >= 0.3 is 0 Å². The Kier molecular flexibility index (Phi) is 6.49. The molecule has 0 fully saturated rings. The van der Waals surface area contributed by atoms with Gasteiger partial charge in [-0.3, -0.25) is 4.79 Å². The van der Waals surface area contributed by atoms with E-state index in [1.165, 1.54) is 0 Å². The highest BCUT2D eigenvalue weighted by molar-refractivity contribution is 6.30. The molecule has 2 aromatic carbocycles. The van der Waals surface area contributed by atoms with E-state index in [1.807, 2.05) is 31.2 Å².